The number of halogens is 1. The molecule has 1 aromatic carbocycles. The van der Waals surface area contributed by atoms with E-state index in [4.69, 9.17) is 0 Å². The van der Waals surface area contributed by atoms with Gasteiger partial charge in [-0.1, -0.05) is 0 Å². The van der Waals surface area contributed by atoms with Crippen LogP contribution in [-0.4, -0.2) is 50.2 Å². The summed E-state index contributed by atoms with van der Waals surface area (Å²) in [6.45, 7) is 4.66. The van der Waals surface area contributed by atoms with Crippen molar-refractivity contribution in [3.8, 4) is 11.3 Å². The van der Waals surface area contributed by atoms with Crippen molar-refractivity contribution < 1.29 is 14.0 Å². The number of nitrogens with one attached hydrogen (secondary N) is 1. The van der Waals surface area contributed by atoms with Crippen molar-refractivity contribution in [3.05, 3.63) is 62.9 Å². The molecule has 32 heavy (non-hydrogen) atoms. The summed E-state index contributed by atoms with van der Waals surface area (Å²) >= 11 is 2.81. The van der Waals surface area contributed by atoms with Crippen LogP contribution in [-0.2, 0) is 0 Å². The smallest absolute Gasteiger partial charge is 0.270 e. The van der Waals surface area contributed by atoms with E-state index in [0.29, 0.717) is 40.6 Å². The van der Waals surface area contributed by atoms with Gasteiger partial charge < -0.3 is 10.2 Å². The average molecular weight is 470 g/mol. The molecule has 0 saturated carbocycles. The van der Waals surface area contributed by atoms with E-state index in [1.807, 2.05) is 25.4 Å². The number of thiazole rings is 2. The molecule has 4 aromatic rings. The van der Waals surface area contributed by atoms with Gasteiger partial charge in [-0.3, -0.25) is 14.0 Å². The van der Waals surface area contributed by atoms with Crippen LogP contribution in [0.25, 0.3) is 16.2 Å². The maximum absolute atomic E-state index is 13.3. The van der Waals surface area contributed by atoms with Crippen LogP contribution in [0.4, 0.5) is 4.39 Å². The Morgan fingerprint density at radius 2 is 2.00 bits per heavy atom. The van der Waals surface area contributed by atoms with Gasteiger partial charge in [0.05, 0.1) is 22.4 Å². The summed E-state index contributed by atoms with van der Waals surface area (Å²) in [5.74, 6) is -0.644. The van der Waals surface area contributed by atoms with Gasteiger partial charge in [0.25, 0.3) is 11.8 Å². The number of amides is 2. The van der Waals surface area contributed by atoms with E-state index in [0.717, 1.165) is 16.4 Å². The maximum atomic E-state index is 13.3. The van der Waals surface area contributed by atoms with Crippen molar-refractivity contribution >= 4 is 39.4 Å². The minimum Gasteiger partial charge on any atom is -0.349 e. The fourth-order valence-electron chi connectivity index (χ4n) is 3.89. The topological polar surface area (TPSA) is 79.6 Å². The first-order chi connectivity index (χ1) is 15.4. The van der Waals surface area contributed by atoms with E-state index in [1.165, 1.54) is 34.8 Å². The molecule has 7 nitrogen and oxygen atoms in total. The molecule has 2 amide bonds. The predicted molar refractivity (Wildman–Crippen MR) is 122 cm³/mol. The SMILES string of the molecule is Cc1nc(-c2ccc(F)cc2)c(C(=O)N2CCC2CNC(=O)c2c(C)nc3sccn23)s1. The van der Waals surface area contributed by atoms with E-state index in [1.54, 1.807) is 21.4 Å². The first-order valence-corrected chi connectivity index (χ1v) is 11.9. The minimum atomic E-state index is -0.333. The van der Waals surface area contributed by atoms with Crippen LogP contribution < -0.4 is 5.32 Å². The maximum Gasteiger partial charge on any atom is 0.270 e. The number of aromatic nitrogens is 3. The number of hydrogen-bond acceptors (Lipinski definition) is 6. The summed E-state index contributed by atoms with van der Waals surface area (Å²) in [6, 6.07) is 5.91. The number of likely N-dealkylation sites (tertiary alicyclic amines) is 1. The molecule has 1 atom stereocenters. The molecule has 10 heteroatoms. The number of fused-ring (bicyclic) bond motifs is 1. The summed E-state index contributed by atoms with van der Waals surface area (Å²) in [7, 11) is 0. The van der Waals surface area contributed by atoms with E-state index in [-0.39, 0.29) is 23.7 Å². The van der Waals surface area contributed by atoms with E-state index in [2.05, 4.69) is 15.3 Å². The highest BCUT2D eigenvalue weighted by Crippen LogP contribution is 2.32. The lowest BCUT2D eigenvalue weighted by molar-refractivity contribution is 0.0461. The van der Waals surface area contributed by atoms with Gasteiger partial charge in [0.1, 0.15) is 16.4 Å². The fraction of sp³-hybridized carbons (Fsp3) is 0.273. The number of rotatable bonds is 5. The number of carbonyl (C=O) groups excluding carboxylic acids is 2. The molecule has 1 N–H and O–H groups in total. The average Bonchev–Trinajstić information content (AvgIpc) is 3.41. The molecule has 1 saturated heterocycles. The van der Waals surface area contributed by atoms with Gasteiger partial charge in [0.2, 0.25) is 0 Å². The third-order valence-electron chi connectivity index (χ3n) is 5.60. The Morgan fingerprint density at radius 1 is 1.22 bits per heavy atom. The van der Waals surface area contributed by atoms with Gasteiger partial charge in [-0.15, -0.1) is 22.7 Å². The van der Waals surface area contributed by atoms with Gasteiger partial charge in [-0.25, -0.2) is 14.4 Å². The predicted octanol–water partition coefficient (Wildman–Crippen LogP) is 3.92. The molecule has 0 radical (unpaired) electrons. The molecule has 0 bridgehead atoms. The molecule has 0 spiro atoms. The van der Waals surface area contributed by atoms with Crippen LogP contribution in [0.1, 0.15) is 37.3 Å². The standard InChI is InChI=1S/C22H20FN5O2S2/c1-12-18(28-9-10-31-22(28)25-12)20(29)24-11-16-7-8-27(16)21(30)19-17(26-13(2)32-19)14-3-5-15(23)6-4-14/h3-6,9-10,16H,7-8,11H2,1-2H3,(H,24,29). The fourth-order valence-corrected chi connectivity index (χ4v) is 5.54. The van der Waals surface area contributed by atoms with Crippen molar-refractivity contribution in [1.29, 1.82) is 0 Å². The Balaban J connectivity index is 1.30. The largest absolute Gasteiger partial charge is 0.349 e. The lowest BCUT2D eigenvalue weighted by atomic mass is 10.0. The highest BCUT2D eigenvalue weighted by Gasteiger charge is 2.35. The first kappa shape index (κ1) is 20.8. The van der Waals surface area contributed by atoms with Gasteiger partial charge in [-0.05, 0) is 44.5 Å². The van der Waals surface area contributed by atoms with Gasteiger partial charge in [0.15, 0.2) is 4.96 Å². The zero-order valence-corrected chi connectivity index (χ0v) is 19.1. The summed E-state index contributed by atoms with van der Waals surface area (Å²) in [5.41, 5.74) is 2.48. The highest BCUT2D eigenvalue weighted by molar-refractivity contribution is 7.15. The monoisotopic (exact) mass is 469 g/mol. The zero-order chi connectivity index (χ0) is 22.4. The summed E-state index contributed by atoms with van der Waals surface area (Å²) in [4.78, 5) is 38.1. The molecular formula is C22H20FN5O2S2. The Hall–Kier alpha value is -3.11. The van der Waals surface area contributed by atoms with E-state index < -0.39 is 0 Å². The number of carbonyl (C=O) groups is 2. The van der Waals surface area contributed by atoms with Crippen molar-refractivity contribution in [2.45, 2.75) is 26.3 Å². The summed E-state index contributed by atoms with van der Waals surface area (Å²) in [5, 5.41) is 5.62. The molecule has 3 aromatic heterocycles. The Morgan fingerprint density at radius 3 is 2.72 bits per heavy atom. The second kappa shape index (κ2) is 8.10. The van der Waals surface area contributed by atoms with Crippen molar-refractivity contribution in [1.82, 2.24) is 24.6 Å². The normalized spacial score (nSPS) is 15.7. The van der Waals surface area contributed by atoms with Crippen LogP contribution in [0.2, 0.25) is 0 Å². The molecule has 1 fully saturated rings. The van der Waals surface area contributed by atoms with Crippen LogP contribution >= 0.6 is 22.7 Å². The van der Waals surface area contributed by atoms with Crippen molar-refractivity contribution in [2.24, 2.45) is 0 Å². The van der Waals surface area contributed by atoms with Crippen LogP contribution in [0, 0.1) is 19.7 Å². The minimum absolute atomic E-state index is 0.0823. The lowest BCUT2D eigenvalue weighted by Crippen LogP contribution is -2.55. The van der Waals surface area contributed by atoms with Crippen LogP contribution in [0.5, 0.6) is 0 Å². The molecule has 4 heterocycles. The molecule has 5 rings (SSSR count). The number of nitrogens with zero attached hydrogens (tertiary/aromatic N) is 4. The Bertz CT molecular complexity index is 1320. The quantitative estimate of drug-likeness (QED) is 0.481. The molecule has 164 valence electrons. The Kier molecular flexibility index (Phi) is 5.26. The molecule has 1 aliphatic rings. The van der Waals surface area contributed by atoms with Crippen LogP contribution in [0.15, 0.2) is 35.8 Å². The molecule has 1 aliphatic heterocycles. The Labute approximate surface area is 191 Å². The number of imidazole rings is 1. The van der Waals surface area contributed by atoms with Gasteiger partial charge >= 0.3 is 0 Å². The lowest BCUT2D eigenvalue weighted by Gasteiger charge is -2.41. The highest BCUT2D eigenvalue weighted by atomic mass is 32.1. The molecule has 1 unspecified atom stereocenters. The zero-order valence-electron chi connectivity index (χ0n) is 17.5. The third-order valence-corrected chi connectivity index (χ3v) is 7.32. The number of benzene rings is 1. The first-order valence-electron chi connectivity index (χ1n) is 10.2. The molecule has 0 aliphatic carbocycles. The third kappa shape index (κ3) is 3.59. The second-order valence-electron chi connectivity index (χ2n) is 7.67. The number of aryl methyl sites for hydroxylation is 2. The van der Waals surface area contributed by atoms with Crippen molar-refractivity contribution in [2.75, 3.05) is 13.1 Å². The second-order valence-corrected chi connectivity index (χ2v) is 9.75. The van der Waals surface area contributed by atoms with Gasteiger partial charge in [0, 0.05) is 30.2 Å². The van der Waals surface area contributed by atoms with Gasteiger partial charge in [-0.2, -0.15) is 0 Å². The number of hydrogen-bond donors (Lipinski definition) is 1. The van der Waals surface area contributed by atoms with E-state index >= 15 is 0 Å². The van der Waals surface area contributed by atoms with Crippen molar-refractivity contribution in [3.63, 3.8) is 0 Å². The van der Waals surface area contributed by atoms with Crippen LogP contribution in [0.3, 0.4) is 0 Å². The van der Waals surface area contributed by atoms with E-state index in [9.17, 15) is 14.0 Å². The molecular weight excluding hydrogens is 449 g/mol. The summed E-state index contributed by atoms with van der Waals surface area (Å²) < 4.78 is 15.1. The summed E-state index contributed by atoms with van der Waals surface area (Å²) in [6.07, 6.45) is 2.64.